The number of rotatable bonds is 7. The van der Waals surface area contributed by atoms with Gasteiger partial charge in [0.05, 0.1) is 30.3 Å². The molecule has 3 rings (SSSR count). The molecule has 0 aliphatic heterocycles. The maximum Gasteiger partial charge on any atom is 0.120 e. The van der Waals surface area contributed by atoms with E-state index in [0.717, 1.165) is 29.0 Å². The summed E-state index contributed by atoms with van der Waals surface area (Å²) in [7, 11) is 1.63. The summed E-state index contributed by atoms with van der Waals surface area (Å²) in [6.45, 7) is 2.04. The van der Waals surface area contributed by atoms with Crippen LogP contribution in [0.2, 0.25) is 0 Å². The number of ether oxygens (including phenoxy) is 1. The van der Waals surface area contributed by atoms with E-state index in [9.17, 15) is 9.90 Å². The van der Waals surface area contributed by atoms with Gasteiger partial charge < -0.3 is 14.6 Å². The molecule has 0 aliphatic rings. The number of hydrogen-bond acceptors (Lipinski definition) is 4. The van der Waals surface area contributed by atoms with Crippen LogP contribution in [0.1, 0.15) is 30.2 Å². The van der Waals surface area contributed by atoms with E-state index < -0.39 is 6.10 Å². The first-order chi connectivity index (χ1) is 12.6. The van der Waals surface area contributed by atoms with E-state index in [0.29, 0.717) is 18.5 Å². The third-order valence-corrected chi connectivity index (χ3v) is 4.29. The first kappa shape index (κ1) is 17.9. The van der Waals surface area contributed by atoms with E-state index >= 15 is 0 Å². The second-order valence-corrected chi connectivity index (χ2v) is 6.19. The summed E-state index contributed by atoms with van der Waals surface area (Å²) < 4.78 is 7.03. The van der Waals surface area contributed by atoms with Crippen molar-refractivity contribution in [1.82, 2.24) is 9.78 Å². The van der Waals surface area contributed by atoms with E-state index in [1.54, 1.807) is 7.11 Å². The zero-order valence-electron chi connectivity index (χ0n) is 14.9. The highest BCUT2D eigenvalue weighted by Gasteiger charge is 2.17. The number of aromatic nitrogens is 2. The van der Waals surface area contributed by atoms with Crippen molar-refractivity contribution in [2.75, 3.05) is 7.11 Å². The molecule has 0 amide bonds. The topological polar surface area (TPSA) is 64.3 Å². The van der Waals surface area contributed by atoms with Gasteiger partial charge in [0, 0.05) is 12.0 Å². The molecule has 5 heteroatoms. The van der Waals surface area contributed by atoms with Crippen molar-refractivity contribution in [2.45, 2.75) is 25.9 Å². The van der Waals surface area contributed by atoms with Gasteiger partial charge in [0.25, 0.3) is 0 Å². The Morgan fingerprint density at radius 3 is 2.46 bits per heavy atom. The fourth-order valence-electron chi connectivity index (χ4n) is 2.79. The molecule has 0 spiro atoms. The Morgan fingerprint density at radius 1 is 1.15 bits per heavy atom. The maximum atomic E-state index is 10.6. The molecule has 26 heavy (non-hydrogen) atoms. The summed E-state index contributed by atoms with van der Waals surface area (Å²) in [5, 5.41) is 15.0. The van der Waals surface area contributed by atoms with Gasteiger partial charge in [0.1, 0.15) is 12.0 Å². The summed E-state index contributed by atoms with van der Waals surface area (Å²) in [4.78, 5) is 10.6. The Labute approximate surface area is 152 Å². The standard InChI is InChI=1S/C21H22N2O3/c1-15-5-7-16(8-6-15)20-14-19(21(25)4-3-13-24)22-23(20)17-9-11-18(26-2)12-10-17/h5-14,21,25H,3-4H2,1-2H3. The van der Waals surface area contributed by atoms with E-state index in [4.69, 9.17) is 4.74 Å². The second-order valence-electron chi connectivity index (χ2n) is 6.19. The highest BCUT2D eigenvalue weighted by atomic mass is 16.5. The van der Waals surface area contributed by atoms with Crippen molar-refractivity contribution in [3.63, 3.8) is 0 Å². The molecule has 1 unspecified atom stereocenters. The van der Waals surface area contributed by atoms with Crippen LogP contribution in [0.25, 0.3) is 16.9 Å². The average Bonchev–Trinajstić information content (AvgIpc) is 3.12. The maximum absolute atomic E-state index is 10.6. The van der Waals surface area contributed by atoms with Crippen LogP contribution in [0.3, 0.4) is 0 Å². The fraction of sp³-hybridized carbons (Fsp3) is 0.238. The van der Waals surface area contributed by atoms with Gasteiger partial charge in [-0.1, -0.05) is 29.8 Å². The Balaban J connectivity index is 2.05. The molecule has 3 aromatic rings. The lowest BCUT2D eigenvalue weighted by atomic mass is 10.1. The summed E-state index contributed by atoms with van der Waals surface area (Å²) in [6.07, 6.45) is 0.696. The molecule has 1 aromatic heterocycles. The summed E-state index contributed by atoms with van der Waals surface area (Å²) in [6, 6.07) is 17.6. The number of aliphatic hydroxyl groups excluding tert-OH is 1. The first-order valence-corrected chi connectivity index (χ1v) is 8.55. The number of carbonyl (C=O) groups is 1. The molecule has 1 heterocycles. The monoisotopic (exact) mass is 350 g/mol. The lowest BCUT2D eigenvalue weighted by molar-refractivity contribution is -0.108. The van der Waals surface area contributed by atoms with Crippen molar-refractivity contribution in [3.8, 4) is 22.7 Å². The quantitative estimate of drug-likeness (QED) is 0.657. The average molecular weight is 350 g/mol. The van der Waals surface area contributed by atoms with Gasteiger partial charge in [-0.2, -0.15) is 5.10 Å². The predicted molar refractivity (Wildman–Crippen MR) is 101 cm³/mol. The number of aldehydes is 1. The van der Waals surface area contributed by atoms with Crippen LogP contribution < -0.4 is 4.74 Å². The Kier molecular flexibility index (Phi) is 5.49. The van der Waals surface area contributed by atoms with Crippen molar-refractivity contribution >= 4 is 6.29 Å². The van der Waals surface area contributed by atoms with Gasteiger partial charge in [0.2, 0.25) is 0 Å². The predicted octanol–water partition coefficient (Wildman–Crippen LogP) is 3.87. The van der Waals surface area contributed by atoms with Crippen LogP contribution in [0.4, 0.5) is 0 Å². The molecule has 0 saturated heterocycles. The van der Waals surface area contributed by atoms with Crippen molar-refractivity contribution < 1.29 is 14.6 Å². The number of nitrogens with zero attached hydrogens (tertiary/aromatic N) is 2. The number of carbonyl (C=O) groups excluding carboxylic acids is 1. The molecule has 0 radical (unpaired) electrons. The van der Waals surface area contributed by atoms with Crippen LogP contribution in [0.5, 0.6) is 5.75 Å². The number of methoxy groups -OCH3 is 1. The highest BCUT2D eigenvalue weighted by Crippen LogP contribution is 2.28. The Morgan fingerprint density at radius 2 is 1.85 bits per heavy atom. The van der Waals surface area contributed by atoms with Crippen LogP contribution in [-0.4, -0.2) is 28.3 Å². The van der Waals surface area contributed by atoms with Crippen LogP contribution in [-0.2, 0) is 4.79 Å². The smallest absolute Gasteiger partial charge is 0.120 e. The molecular formula is C21H22N2O3. The molecule has 0 bridgehead atoms. The molecule has 0 fully saturated rings. The molecule has 1 N–H and O–H groups in total. The van der Waals surface area contributed by atoms with Gasteiger partial charge in [-0.25, -0.2) is 4.68 Å². The minimum absolute atomic E-state index is 0.302. The number of aliphatic hydroxyl groups is 1. The molecule has 5 nitrogen and oxygen atoms in total. The largest absolute Gasteiger partial charge is 0.497 e. The van der Waals surface area contributed by atoms with Gasteiger partial charge in [-0.15, -0.1) is 0 Å². The summed E-state index contributed by atoms with van der Waals surface area (Å²) >= 11 is 0. The Bertz CT molecular complexity index is 867. The Hall–Kier alpha value is -2.92. The lowest BCUT2D eigenvalue weighted by Crippen LogP contribution is -2.02. The van der Waals surface area contributed by atoms with Gasteiger partial charge in [-0.3, -0.25) is 0 Å². The third kappa shape index (κ3) is 3.83. The van der Waals surface area contributed by atoms with Gasteiger partial charge >= 0.3 is 0 Å². The van der Waals surface area contributed by atoms with Gasteiger partial charge in [0.15, 0.2) is 0 Å². The van der Waals surface area contributed by atoms with Gasteiger partial charge in [-0.05, 0) is 43.7 Å². The molecule has 134 valence electrons. The highest BCUT2D eigenvalue weighted by molar-refractivity contribution is 5.63. The van der Waals surface area contributed by atoms with Crippen LogP contribution >= 0.6 is 0 Å². The number of hydrogen-bond donors (Lipinski definition) is 1. The van der Waals surface area contributed by atoms with E-state index in [1.807, 2.05) is 66.2 Å². The minimum Gasteiger partial charge on any atom is -0.497 e. The molecule has 0 aliphatic carbocycles. The zero-order chi connectivity index (χ0) is 18.5. The SMILES string of the molecule is COc1ccc(-n2nc(C(O)CCC=O)cc2-c2ccc(C)cc2)cc1. The first-order valence-electron chi connectivity index (χ1n) is 8.55. The van der Waals surface area contributed by atoms with E-state index in [-0.39, 0.29) is 0 Å². The molecular weight excluding hydrogens is 328 g/mol. The zero-order valence-corrected chi connectivity index (χ0v) is 14.9. The molecule has 2 aromatic carbocycles. The number of aryl methyl sites for hydroxylation is 1. The molecule has 1 atom stereocenters. The summed E-state index contributed by atoms with van der Waals surface area (Å²) in [5.74, 6) is 0.768. The lowest BCUT2D eigenvalue weighted by Gasteiger charge is -2.09. The second kappa shape index (κ2) is 7.97. The normalized spacial score (nSPS) is 12.0. The molecule has 0 saturated carbocycles. The van der Waals surface area contributed by atoms with Crippen molar-refractivity contribution in [3.05, 3.63) is 65.9 Å². The van der Waals surface area contributed by atoms with Crippen LogP contribution in [0.15, 0.2) is 54.6 Å². The summed E-state index contributed by atoms with van der Waals surface area (Å²) in [5.41, 5.74) is 4.49. The number of benzene rings is 2. The van der Waals surface area contributed by atoms with E-state index in [1.165, 1.54) is 5.56 Å². The van der Waals surface area contributed by atoms with Crippen LogP contribution in [0, 0.1) is 6.92 Å². The third-order valence-electron chi connectivity index (χ3n) is 4.29. The van der Waals surface area contributed by atoms with Crippen molar-refractivity contribution in [2.24, 2.45) is 0 Å². The van der Waals surface area contributed by atoms with Crippen molar-refractivity contribution in [1.29, 1.82) is 0 Å². The van der Waals surface area contributed by atoms with E-state index in [2.05, 4.69) is 5.10 Å². The fourth-order valence-corrected chi connectivity index (χ4v) is 2.79. The minimum atomic E-state index is -0.774.